The summed E-state index contributed by atoms with van der Waals surface area (Å²) in [6.45, 7) is 1.17. The van der Waals surface area contributed by atoms with E-state index in [9.17, 15) is 4.79 Å². The van der Waals surface area contributed by atoms with E-state index in [0.717, 1.165) is 35.4 Å². The third kappa shape index (κ3) is 4.26. The number of aromatic nitrogens is 1. The Hall–Kier alpha value is -2.64. The van der Waals surface area contributed by atoms with E-state index in [1.165, 1.54) is 11.3 Å². The Morgan fingerprint density at radius 1 is 1.25 bits per heavy atom. The summed E-state index contributed by atoms with van der Waals surface area (Å²) in [5.41, 5.74) is 0.813. The van der Waals surface area contributed by atoms with Gasteiger partial charge in [0, 0.05) is 12.7 Å². The first kappa shape index (κ1) is 18.7. The van der Waals surface area contributed by atoms with Gasteiger partial charge in [0.25, 0.3) is 5.91 Å². The average molecular weight is 398 g/mol. The number of hydrogen-bond donors (Lipinski definition) is 0. The number of amides is 1. The number of anilines is 1. The van der Waals surface area contributed by atoms with E-state index < -0.39 is 0 Å². The molecule has 28 heavy (non-hydrogen) atoms. The van der Waals surface area contributed by atoms with Crippen LogP contribution < -0.4 is 14.4 Å². The molecular formula is C21H22N2O4S. The van der Waals surface area contributed by atoms with Crippen LogP contribution in [0.15, 0.2) is 48.5 Å². The number of ether oxygens (including phenoxy) is 3. The van der Waals surface area contributed by atoms with E-state index in [1.54, 1.807) is 12.0 Å². The van der Waals surface area contributed by atoms with Gasteiger partial charge in [0.15, 0.2) is 11.7 Å². The summed E-state index contributed by atoms with van der Waals surface area (Å²) >= 11 is 1.49. The van der Waals surface area contributed by atoms with Crippen molar-refractivity contribution in [1.82, 2.24) is 4.98 Å². The normalized spacial score (nSPS) is 16.2. The minimum absolute atomic E-state index is 0.0298. The Morgan fingerprint density at radius 3 is 2.86 bits per heavy atom. The molecule has 2 aromatic carbocycles. The lowest BCUT2D eigenvalue weighted by Gasteiger charge is -2.23. The van der Waals surface area contributed by atoms with Crippen LogP contribution >= 0.6 is 11.3 Å². The molecule has 0 radical (unpaired) electrons. The largest absolute Gasteiger partial charge is 0.497 e. The molecule has 4 rings (SSSR count). The predicted molar refractivity (Wildman–Crippen MR) is 109 cm³/mol. The molecule has 0 spiro atoms. The van der Waals surface area contributed by atoms with Crippen molar-refractivity contribution in [2.45, 2.75) is 18.9 Å². The Labute approximate surface area is 167 Å². The van der Waals surface area contributed by atoms with Crippen LogP contribution in [0.3, 0.4) is 0 Å². The van der Waals surface area contributed by atoms with Crippen LogP contribution in [0.2, 0.25) is 0 Å². The molecule has 0 bridgehead atoms. The summed E-state index contributed by atoms with van der Waals surface area (Å²) in [7, 11) is 1.63. The SMILES string of the molecule is COc1ccc2sc(N(CC3CCCO3)C(=O)COc3ccccc3)nc2c1. The minimum Gasteiger partial charge on any atom is -0.497 e. The van der Waals surface area contributed by atoms with E-state index in [2.05, 4.69) is 4.98 Å². The van der Waals surface area contributed by atoms with Gasteiger partial charge in [0.2, 0.25) is 0 Å². The highest BCUT2D eigenvalue weighted by Gasteiger charge is 2.26. The van der Waals surface area contributed by atoms with E-state index in [1.807, 2.05) is 48.5 Å². The van der Waals surface area contributed by atoms with Crippen molar-refractivity contribution >= 4 is 32.6 Å². The molecule has 1 unspecified atom stereocenters. The molecule has 2 heterocycles. The molecule has 1 aliphatic heterocycles. The predicted octanol–water partition coefficient (Wildman–Crippen LogP) is 3.90. The number of hydrogen-bond acceptors (Lipinski definition) is 6. The second-order valence-corrected chi connectivity index (χ2v) is 7.58. The molecule has 1 fully saturated rings. The molecule has 1 aromatic heterocycles. The van der Waals surface area contributed by atoms with E-state index in [-0.39, 0.29) is 18.6 Å². The number of carbonyl (C=O) groups excluding carboxylic acids is 1. The Bertz CT molecular complexity index is 938. The minimum atomic E-state index is -0.134. The van der Waals surface area contributed by atoms with Gasteiger partial charge in [0.1, 0.15) is 11.5 Å². The van der Waals surface area contributed by atoms with Crippen molar-refractivity contribution in [1.29, 1.82) is 0 Å². The number of benzene rings is 2. The molecule has 1 saturated heterocycles. The van der Waals surface area contributed by atoms with Gasteiger partial charge in [-0.25, -0.2) is 4.98 Å². The van der Waals surface area contributed by atoms with Gasteiger partial charge in [-0.05, 0) is 37.1 Å². The highest BCUT2D eigenvalue weighted by atomic mass is 32.1. The molecule has 0 saturated carbocycles. The van der Waals surface area contributed by atoms with Crippen molar-refractivity contribution in [2.24, 2.45) is 0 Å². The van der Waals surface area contributed by atoms with Crippen LogP contribution in [0.5, 0.6) is 11.5 Å². The summed E-state index contributed by atoms with van der Waals surface area (Å²) in [5, 5.41) is 0.653. The second kappa shape index (κ2) is 8.58. The average Bonchev–Trinajstić information content (AvgIpc) is 3.39. The van der Waals surface area contributed by atoms with Gasteiger partial charge >= 0.3 is 0 Å². The van der Waals surface area contributed by atoms with Crippen molar-refractivity contribution in [3.8, 4) is 11.5 Å². The van der Waals surface area contributed by atoms with Crippen LogP contribution in [-0.2, 0) is 9.53 Å². The Balaban J connectivity index is 1.56. The maximum Gasteiger partial charge on any atom is 0.266 e. The van der Waals surface area contributed by atoms with Crippen LogP contribution in [0, 0.1) is 0 Å². The fourth-order valence-electron chi connectivity index (χ4n) is 3.16. The number of para-hydroxylation sites is 1. The standard InChI is InChI=1S/C21H22N2O4S/c1-25-16-9-10-19-18(12-16)22-21(28-19)23(13-17-8-5-11-26-17)20(24)14-27-15-6-3-2-4-7-15/h2-4,6-7,9-10,12,17H,5,8,11,13-14H2,1H3. The zero-order chi connectivity index (χ0) is 19.3. The maximum atomic E-state index is 13.0. The van der Waals surface area contributed by atoms with Crippen LogP contribution in [0.25, 0.3) is 10.2 Å². The van der Waals surface area contributed by atoms with Crippen molar-refractivity contribution in [3.05, 3.63) is 48.5 Å². The number of nitrogens with zero attached hydrogens (tertiary/aromatic N) is 2. The smallest absolute Gasteiger partial charge is 0.266 e. The van der Waals surface area contributed by atoms with Gasteiger partial charge in [-0.15, -0.1) is 0 Å². The van der Waals surface area contributed by atoms with E-state index >= 15 is 0 Å². The molecular weight excluding hydrogens is 376 g/mol. The zero-order valence-corrected chi connectivity index (χ0v) is 16.5. The van der Waals surface area contributed by atoms with Gasteiger partial charge in [0.05, 0.1) is 30.0 Å². The van der Waals surface area contributed by atoms with Gasteiger partial charge < -0.3 is 14.2 Å². The lowest BCUT2D eigenvalue weighted by atomic mass is 10.2. The fourth-order valence-corrected chi connectivity index (χ4v) is 4.13. The molecule has 146 valence electrons. The zero-order valence-electron chi connectivity index (χ0n) is 15.7. The third-order valence-electron chi connectivity index (χ3n) is 4.63. The first-order valence-corrected chi connectivity index (χ1v) is 10.1. The summed E-state index contributed by atoms with van der Waals surface area (Å²) in [6, 6.07) is 15.1. The topological polar surface area (TPSA) is 60.9 Å². The molecule has 3 aromatic rings. The number of rotatable bonds is 7. The molecule has 6 nitrogen and oxygen atoms in total. The van der Waals surface area contributed by atoms with Crippen LogP contribution in [0.4, 0.5) is 5.13 Å². The van der Waals surface area contributed by atoms with Crippen molar-refractivity contribution in [2.75, 3.05) is 31.8 Å². The fraction of sp³-hybridized carbons (Fsp3) is 0.333. The van der Waals surface area contributed by atoms with Crippen molar-refractivity contribution in [3.63, 3.8) is 0 Å². The summed E-state index contributed by atoms with van der Waals surface area (Å²) < 4.78 is 17.7. The highest BCUT2D eigenvalue weighted by molar-refractivity contribution is 7.22. The maximum absolute atomic E-state index is 13.0. The first-order chi connectivity index (χ1) is 13.7. The molecule has 0 N–H and O–H groups in total. The number of methoxy groups -OCH3 is 1. The lowest BCUT2D eigenvalue weighted by molar-refractivity contribution is -0.120. The van der Waals surface area contributed by atoms with Crippen molar-refractivity contribution < 1.29 is 19.0 Å². The number of fused-ring (bicyclic) bond motifs is 1. The van der Waals surface area contributed by atoms with Gasteiger partial charge in [-0.2, -0.15) is 0 Å². The Morgan fingerprint density at radius 2 is 2.11 bits per heavy atom. The summed E-state index contributed by atoms with van der Waals surface area (Å²) in [6.07, 6.45) is 1.99. The Kier molecular flexibility index (Phi) is 5.73. The molecule has 1 atom stereocenters. The highest BCUT2D eigenvalue weighted by Crippen LogP contribution is 2.32. The van der Waals surface area contributed by atoms with Crippen LogP contribution in [0.1, 0.15) is 12.8 Å². The van der Waals surface area contributed by atoms with Gasteiger partial charge in [-0.1, -0.05) is 29.5 Å². The van der Waals surface area contributed by atoms with E-state index in [4.69, 9.17) is 14.2 Å². The molecule has 7 heteroatoms. The monoisotopic (exact) mass is 398 g/mol. The number of thiazole rings is 1. The van der Waals surface area contributed by atoms with E-state index in [0.29, 0.717) is 17.4 Å². The lowest BCUT2D eigenvalue weighted by Crippen LogP contribution is -2.40. The first-order valence-electron chi connectivity index (χ1n) is 9.27. The third-order valence-corrected chi connectivity index (χ3v) is 5.69. The molecule has 0 aliphatic carbocycles. The summed E-state index contributed by atoms with van der Waals surface area (Å²) in [5.74, 6) is 1.28. The summed E-state index contributed by atoms with van der Waals surface area (Å²) in [4.78, 5) is 19.4. The molecule has 1 aliphatic rings. The number of carbonyl (C=O) groups is 1. The van der Waals surface area contributed by atoms with Crippen LogP contribution in [-0.4, -0.2) is 43.9 Å². The molecule has 1 amide bonds. The quantitative estimate of drug-likeness (QED) is 0.604. The van der Waals surface area contributed by atoms with Gasteiger partial charge in [-0.3, -0.25) is 9.69 Å². The second-order valence-electron chi connectivity index (χ2n) is 6.57.